The largest absolute Gasteiger partial charge is 0.271 e. The Morgan fingerprint density at radius 1 is 1.29 bits per heavy atom. The monoisotopic (exact) mass is 307 g/mol. The quantitative estimate of drug-likeness (QED) is 0.654. The molecule has 0 bridgehead atoms. The Bertz CT molecular complexity index is 666. The molecule has 0 atom stereocenters. The summed E-state index contributed by atoms with van der Waals surface area (Å²) in [5, 5.41) is 4.46. The highest BCUT2D eigenvalue weighted by molar-refractivity contribution is 6.29. The summed E-state index contributed by atoms with van der Waals surface area (Å²) in [6.07, 6.45) is 1.32. The van der Waals surface area contributed by atoms with Crippen LogP contribution >= 0.6 is 11.6 Å². The number of nitrogens with one attached hydrogen (secondary N) is 2. The van der Waals surface area contributed by atoms with Crippen LogP contribution in [0.5, 0.6) is 0 Å². The van der Waals surface area contributed by atoms with Crippen LogP contribution in [0.2, 0.25) is 5.15 Å². The van der Waals surface area contributed by atoms with Crippen LogP contribution in [0.1, 0.15) is 21.7 Å². The van der Waals surface area contributed by atoms with Crippen molar-refractivity contribution in [3.05, 3.63) is 46.5 Å². The zero-order valence-electron chi connectivity index (χ0n) is 11.6. The lowest BCUT2D eigenvalue weighted by molar-refractivity contribution is -0.122. The molecule has 0 aromatic carbocycles. The van der Waals surface area contributed by atoms with Gasteiger partial charge in [0.25, 0.3) is 11.8 Å². The van der Waals surface area contributed by atoms with Crippen LogP contribution < -0.4 is 10.9 Å². The van der Waals surface area contributed by atoms with E-state index in [-0.39, 0.29) is 12.5 Å². The molecule has 0 aliphatic heterocycles. The molecule has 0 aliphatic rings. The lowest BCUT2D eigenvalue weighted by Crippen LogP contribution is -2.43. The molecule has 2 N–H and O–H groups in total. The van der Waals surface area contributed by atoms with E-state index in [0.29, 0.717) is 10.7 Å². The van der Waals surface area contributed by atoms with E-state index in [1.165, 1.54) is 18.3 Å². The Morgan fingerprint density at radius 2 is 2.05 bits per heavy atom. The molecule has 2 rings (SSSR count). The van der Waals surface area contributed by atoms with Crippen LogP contribution in [0.25, 0.3) is 0 Å². The number of carbonyl (C=O) groups is 2. The number of aromatic nitrogens is 3. The van der Waals surface area contributed by atoms with Gasteiger partial charge in [0.1, 0.15) is 11.7 Å². The first kappa shape index (κ1) is 15.0. The van der Waals surface area contributed by atoms with Crippen molar-refractivity contribution in [1.29, 1.82) is 0 Å². The lowest BCUT2D eigenvalue weighted by Gasteiger charge is -2.08. The molecule has 2 heterocycles. The third kappa shape index (κ3) is 4.03. The minimum absolute atomic E-state index is 0.0266. The van der Waals surface area contributed by atoms with Crippen LogP contribution in [-0.4, -0.2) is 26.6 Å². The van der Waals surface area contributed by atoms with Gasteiger partial charge in [0, 0.05) is 11.9 Å². The maximum Gasteiger partial charge on any atom is 0.271 e. The number of rotatable bonds is 3. The first-order valence-electron chi connectivity index (χ1n) is 6.17. The zero-order chi connectivity index (χ0) is 15.4. The molecule has 110 valence electrons. The van der Waals surface area contributed by atoms with Crippen LogP contribution in [0, 0.1) is 13.8 Å². The van der Waals surface area contributed by atoms with E-state index in [1.54, 1.807) is 4.68 Å². The number of nitrogens with zero attached hydrogens (tertiary/aromatic N) is 3. The predicted octanol–water partition coefficient (Wildman–Crippen LogP) is 1.01. The van der Waals surface area contributed by atoms with Crippen LogP contribution in [-0.2, 0) is 11.3 Å². The molecule has 0 spiro atoms. The summed E-state index contributed by atoms with van der Waals surface area (Å²) >= 11 is 5.63. The fourth-order valence-electron chi connectivity index (χ4n) is 1.72. The van der Waals surface area contributed by atoms with Crippen molar-refractivity contribution in [2.45, 2.75) is 20.4 Å². The normalized spacial score (nSPS) is 10.2. The Kier molecular flexibility index (Phi) is 4.54. The van der Waals surface area contributed by atoms with Gasteiger partial charge in [-0.2, -0.15) is 5.10 Å². The number of pyridine rings is 1. The van der Waals surface area contributed by atoms with Crippen molar-refractivity contribution in [3.63, 3.8) is 0 Å². The first-order valence-corrected chi connectivity index (χ1v) is 6.55. The highest BCUT2D eigenvalue weighted by atomic mass is 35.5. The van der Waals surface area contributed by atoms with Crippen molar-refractivity contribution < 1.29 is 9.59 Å². The number of halogens is 1. The third-order valence-corrected chi connectivity index (χ3v) is 2.93. The van der Waals surface area contributed by atoms with Gasteiger partial charge in [-0.1, -0.05) is 11.6 Å². The maximum atomic E-state index is 11.8. The second kappa shape index (κ2) is 6.36. The van der Waals surface area contributed by atoms with Gasteiger partial charge in [-0.15, -0.1) is 0 Å². The predicted molar refractivity (Wildman–Crippen MR) is 76.6 cm³/mol. The van der Waals surface area contributed by atoms with Gasteiger partial charge in [-0.05, 0) is 32.0 Å². The Balaban J connectivity index is 1.87. The molecule has 0 fully saturated rings. The SMILES string of the molecule is Cc1cc(C)n(CC(=O)NNC(=O)c2ccc(Cl)nc2)n1. The molecule has 8 heteroatoms. The number of hydrogen-bond acceptors (Lipinski definition) is 4. The second-order valence-corrected chi connectivity index (χ2v) is 4.84. The van der Waals surface area contributed by atoms with Crippen LogP contribution in [0.4, 0.5) is 0 Å². The molecule has 0 saturated carbocycles. The molecule has 0 radical (unpaired) electrons. The van der Waals surface area contributed by atoms with Crippen molar-refractivity contribution in [3.8, 4) is 0 Å². The smallest absolute Gasteiger partial charge is 0.271 e. The van der Waals surface area contributed by atoms with E-state index in [2.05, 4.69) is 20.9 Å². The van der Waals surface area contributed by atoms with Gasteiger partial charge >= 0.3 is 0 Å². The molecule has 2 aromatic heterocycles. The molecule has 7 nitrogen and oxygen atoms in total. The Hall–Kier alpha value is -2.41. The average molecular weight is 308 g/mol. The molecule has 0 saturated heterocycles. The molecular weight excluding hydrogens is 294 g/mol. The molecule has 0 unspecified atom stereocenters. The fraction of sp³-hybridized carbons (Fsp3) is 0.231. The van der Waals surface area contributed by atoms with Gasteiger partial charge in [-0.25, -0.2) is 4.98 Å². The molecular formula is C13H14ClN5O2. The third-order valence-electron chi connectivity index (χ3n) is 2.70. The number of amides is 2. The minimum Gasteiger partial charge on any atom is -0.271 e. The maximum absolute atomic E-state index is 11.8. The van der Waals surface area contributed by atoms with Crippen molar-refractivity contribution in [2.24, 2.45) is 0 Å². The first-order chi connectivity index (χ1) is 9.95. The summed E-state index contributed by atoms with van der Waals surface area (Å²) in [6, 6.07) is 4.87. The summed E-state index contributed by atoms with van der Waals surface area (Å²) in [5.74, 6) is -0.850. The van der Waals surface area contributed by atoms with Gasteiger partial charge < -0.3 is 0 Å². The minimum atomic E-state index is -0.471. The average Bonchev–Trinajstić information content (AvgIpc) is 2.75. The number of carbonyl (C=O) groups excluding carboxylic acids is 2. The van der Waals surface area contributed by atoms with E-state index in [0.717, 1.165) is 11.4 Å². The summed E-state index contributed by atoms with van der Waals surface area (Å²) < 4.78 is 1.56. The van der Waals surface area contributed by atoms with Crippen molar-refractivity contribution in [1.82, 2.24) is 25.6 Å². The Morgan fingerprint density at radius 3 is 2.62 bits per heavy atom. The fourth-order valence-corrected chi connectivity index (χ4v) is 1.83. The molecule has 21 heavy (non-hydrogen) atoms. The number of hydrogen-bond donors (Lipinski definition) is 2. The van der Waals surface area contributed by atoms with Gasteiger partial charge in [0.05, 0.1) is 11.3 Å². The molecule has 2 aromatic rings. The summed E-state index contributed by atoms with van der Waals surface area (Å²) in [6.45, 7) is 3.72. The molecule has 0 aliphatic carbocycles. The standard InChI is InChI=1S/C13H14ClN5O2/c1-8-5-9(2)19(18-8)7-12(20)16-17-13(21)10-3-4-11(14)15-6-10/h3-6H,7H2,1-2H3,(H,16,20)(H,17,21). The number of hydrazine groups is 1. The van der Waals surface area contributed by atoms with E-state index < -0.39 is 5.91 Å². The van der Waals surface area contributed by atoms with E-state index in [1.807, 2.05) is 19.9 Å². The highest BCUT2D eigenvalue weighted by Gasteiger charge is 2.10. The lowest BCUT2D eigenvalue weighted by atomic mass is 10.3. The van der Waals surface area contributed by atoms with E-state index in [9.17, 15) is 9.59 Å². The van der Waals surface area contributed by atoms with Gasteiger partial charge in [0.2, 0.25) is 0 Å². The van der Waals surface area contributed by atoms with Crippen molar-refractivity contribution in [2.75, 3.05) is 0 Å². The van der Waals surface area contributed by atoms with Crippen molar-refractivity contribution >= 4 is 23.4 Å². The van der Waals surface area contributed by atoms with E-state index >= 15 is 0 Å². The Labute approximate surface area is 126 Å². The highest BCUT2D eigenvalue weighted by Crippen LogP contribution is 2.04. The summed E-state index contributed by atoms with van der Waals surface area (Å²) in [5.41, 5.74) is 6.62. The summed E-state index contributed by atoms with van der Waals surface area (Å²) in [7, 11) is 0. The van der Waals surface area contributed by atoms with Gasteiger partial charge in [0.15, 0.2) is 0 Å². The van der Waals surface area contributed by atoms with Crippen LogP contribution in [0.15, 0.2) is 24.4 Å². The van der Waals surface area contributed by atoms with Gasteiger partial charge in [-0.3, -0.25) is 25.1 Å². The topological polar surface area (TPSA) is 88.9 Å². The molecule has 2 amide bonds. The van der Waals surface area contributed by atoms with E-state index in [4.69, 9.17) is 11.6 Å². The zero-order valence-corrected chi connectivity index (χ0v) is 12.3. The second-order valence-electron chi connectivity index (χ2n) is 4.46. The van der Waals surface area contributed by atoms with Crippen LogP contribution in [0.3, 0.4) is 0 Å². The number of aryl methyl sites for hydroxylation is 2. The summed E-state index contributed by atoms with van der Waals surface area (Å²) in [4.78, 5) is 27.3.